The van der Waals surface area contributed by atoms with Crippen molar-refractivity contribution in [1.29, 1.82) is 0 Å². The van der Waals surface area contributed by atoms with Crippen LogP contribution < -0.4 is 15.2 Å². The van der Waals surface area contributed by atoms with Crippen LogP contribution in [-0.2, 0) is 6.42 Å². The summed E-state index contributed by atoms with van der Waals surface area (Å²) in [6, 6.07) is 6.19. The van der Waals surface area contributed by atoms with Gasteiger partial charge >= 0.3 is 0 Å². The first-order valence-corrected chi connectivity index (χ1v) is 7.39. The van der Waals surface area contributed by atoms with E-state index in [1.807, 2.05) is 6.07 Å². The lowest BCUT2D eigenvalue weighted by atomic mass is 10.0. The number of nitrogens with zero attached hydrogens (tertiary/aromatic N) is 1. The van der Waals surface area contributed by atoms with Gasteiger partial charge in [-0.25, -0.2) is 0 Å². The highest BCUT2D eigenvalue weighted by molar-refractivity contribution is 5.44. The van der Waals surface area contributed by atoms with Crippen molar-refractivity contribution in [2.24, 2.45) is 5.73 Å². The van der Waals surface area contributed by atoms with Crippen molar-refractivity contribution in [3.8, 4) is 11.5 Å². The van der Waals surface area contributed by atoms with Crippen LogP contribution >= 0.6 is 0 Å². The summed E-state index contributed by atoms with van der Waals surface area (Å²) in [5.41, 5.74) is 7.47. The summed E-state index contributed by atoms with van der Waals surface area (Å²) in [6.45, 7) is 2.08. The Morgan fingerprint density at radius 3 is 2.75 bits per heavy atom. The monoisotopic (exact) mass is 276 g/mol. The third kappa shape index (κ3) is 3.07. The molecule has 0 amide bonds. The van der Waals surface area contributed by atoms with Crippen LogP contribution in [0.3, 0.4) is 0 Å². The van der Waals surface area contributed by atoms with Gasteiger partial charge in [-0.2, -0.15) is 0 Å². The zero-order valence-electron chi connectivity index (χ0n) is 12.4. The lowest BCUT2D eigenvalue weighted by Gasteiger charge is -2.18. The smallest absolute Gasteiger partial charge is 0.161 e. The standard InChI is InChI=1S/C16H24N2O2/c1-18-8-5-13(11-18)20-15-9-12(3-4-14(15)19-2)10-16(17)6-7-16/h3-4,9,13H,5-8,10-11,17H2,1-2H3. The van der Waals surface area contributed by atoms with Crippen molar-refractivity contribution in [3.63, 3.8) is 0 Å². The second kappa shape index (κ2) is 5.26. The third-order valence-corrected chi connectivity index (χ3v) is 4.32. The summed E-state index contributed by atoms with van der Waals surface area (Å²) in [5, 5.41) is 0. The minimum atomic E-state index is 0.0272. The molecule has 4 heteroatoms. The van der Waals surface area contributed by atoms with Gasteiger partial charge < -0.3 is 20.1 Å². The molecule has 0 spiro atoms. The predicted molar refractivity (Wildman–Crippen MR) is 79.4 cm³/mol. The molecule has 1 aliphatic heterocycles. The molecule has 1 atom stereocenters. The van der Waals surface area contributed by atoms with Gasteiger partial charge in [0, 0.05) is 18.6 Å². The molecule has 1 aliphatic carbocycles. The van der Waals surface area contributed by atoms with Crippen LogP contribution in [0.5, 0.6) is 11.5 Å². The summed E-state index contributed by atoms with van der Waals surface area (Å²) in [7, 11) is 3.82. The van der Waals surface area contributed by atoms with Crippen LogP contribution in [0.25, 0.3) is 0 Å². The van der Waals surface area contributed by atoms with E-state index in [1.54, 1.807) is 7.11 Å². The first-order valence-electron chi connectivity index (χ1n) is 7.39. The van der Waals surface area contributed by atoms with E-state index in [1.165, 1.54) is 5.56 Å². The van der Waals surface area contributed by atoms with Crippen molar-refractivity contribution in [2.45, 2.75) is 37.3 Å². The lowest BCUT2D eigenvalue weighted by molar-refractivity contribution is 0.199. The average Bonchev–Trinajstić information content (AvgIpc) is 2.99. The second-order valence-corrected chi connectivity index (χ2v) is 6.32. The van der Waals surface area contributed by atoms with Gasteiger partial charge in [0.25, 0.3) is 0 Å². The molecule has 0 aromatic heterocycles. The van der Waals surface area contributed by atoms with Crippen LogP contribution in [0.15, 0.2) is 18.2 Å². The van der Waals surface area contributed by atoms with Crippen LogP contribution in [0.2, 0.25) is 0 Å². The van der Waals surface area contributed by atoms with Crippen LogP contribution in [0.1, 0.15) is 24.8 Å². The van der Waals surface area contributed by atoms with E-state index in [-0.39, 0.29) is 11.6 Å². The van der Waals surface area contributed by atoms with Crippen LogP contribution in [-0.4, -0.2) is 43.8 Å². The molecule has 2 fully saturated rings. The summed E-state index contributed by atoms with van der Waals surface area (Å²) in [6.07, 6.45) is 4.52. The molecule has 2 aliphatic rings. The molecule has 1 saturated heterocycles. The number of nitrogens with two attached hydrogens (primary N) is 1. The number of likely N-dealkylation sites (N-methyl/N-ethyl adjacent to an activating group) is 1. The van der Waals surface area contributed by atoms with Crippen LogP contribution in [0, 0.1) is 0 Å². The Hall–Kier alpha value is -1.26. The molecule has 0 radical (unpaired) electrons. The Balaban J connectivity index is 1.74. The fourth-order valence-electron chi connectivity index (χ4n) is 2.84. The molecule has 4 nitrogen and oxygen atoms in total. The number of hydrogen-bond donors (Lipinski definition) is 1. The molecule has 2 N–H and O–H groups in total. The molecule has 1 unspecified atom stereocenters. The maximum absolute atomic E-state index is 6.20. The van der Waals surface area contributed by atoms with Gasteiger partial charge in [0.05, 0.1) is 7.11 Å². The van der Waals surface area contributed by atoms with Crippen molar-refractivity contribution >= 4 is 0 Å². The van der Waals surface area contributed by atoms with E-state index in [4.69, 9.17) is 15.2 Å². The first-order chi connectivity index (χ1) is 9.58. The first kappa shape index (κ1) is 13.7. The summed E-state index contributed by atoms with van der Waals surface area (Å²) < 4.78 is 11.5. The molecule has 1 saturated carbocycles. The minimum absolute atomic E-state index is 0.0272. The highest BCUT2D eigenvalue weighted by Gasteiger charge is 2.38. The maximum atomic E-state index is 6.20. The van der Waals surface area contributed by atoms with Gasteiger partial charge in [-0.05, 0) is 50.4 Å². The fraction of sp³-hybridized carbons (Fsp3) is 0.625. The van der Waals surface area contributed by atoms with Crippen molar-refractivity contribution in [1.82, 2.24) is 4.90 Å². The number of methoxy groups -OCH3 is 1. The predicted octanol–water partition coefficient (Wildman–Crippen LogP) is 1.81. The molecule has 20 heavy (non-hydrogen) atoms. The van der Waals surface area contributed by atoms with Crippen molar-refractivity contribution in [2.75, 3.05) is 27.2 Å². The molecule has 0 bridgehead atoms. The normalized spacial score (nSPS) is 24.6. The molecule has 1 heterocycles. The van der Waals surface area contributed by atoms with Crippen molar-refractivity contribution < 1.29 is 9.47 Å². The summed E-state index contributed by atoms with van der Waals surface area (Å²) in [5.74, 6) is 1.67. The molecule has 1 aromatic rings. The van der Waals surface area contributed by atoms with E-state index in [2.05, 4.69) is 24.1 Å². The average molecular weight is 276 g/mol. The lowest BCUT2D eigenvalue weighted by Crippen LogP contribution is -2.24. The van der Waals surface area contributed by atoms with Gasteiger partial charge in [-0.15, -0.1) is 0 Å². The van der Waals surface area contributed by atoms with E-state index >= 15 is 0 Å². The van der Waals surface area contributed by atoms with Gasteiger partial charge in [-0.3, -0.25) is 0 Å². The van der Waals surface area contributed by atoms with Gasteiger partial charge in [-0.1, -0.05) is 6.07 Å². The summed E-state index contributed by atoms with van der Waals surface area (Å²) >= 11 is 0. The Morgan fingerprint density at radius 1 is 1.35 bits per heavy atom. The quantitative estimate of drug-likeness (QED) is 0.891. The van der Waals surface area contributed by atoms with E-state index in [9.17, 15) is 0 Å². The van der Waals surface area contributed by atoms with Gasteiger partial charge in [0.1, 0.15) is 6.10 Å². The molecule has 3 rings (SSSR count). The number of ether oxygens (including phenoxy) is 2. The molecular formula is C16H24N2O2. The largest absolute Gasteiger partial charge is 0.493 e. The maximum Gasteiger partial charge on any atom is 0.161 e. The minimum Gasteiger partial charge on any atom is -0.493 e. The Kier molecular flexibility index (Phi) is 3.61. The van der Waals surface area contributed by atoms with Crippen molar-refractivity contribution in [3.05, 3.63) is 23.8 Å². The number of benzene rings is 1. The highest BCUT2D eigenvalue weighted by atomic mass is 16.5. The zero-order chi connectivity index (χ0) is 14.2. The molecular weight excluding hydrogens is 252 g/mol. The third-order valence-electron chi connectivity index (χ3n) is 4.32. The Labute approximate surface area is 120 Å². The van der Waals surface area contributed by atoms with E-state index < -0.39 is 0 Å². The van der Waals surface area contributed by atoms with Gasteiger partial charge in [0.2, 0.25) is 0 Å². The Bertz CT molecular complexity index is 485. The molecule has 110 valence electrons. The second-order valence-electron chi connectivity index (χ2n) is 6.32. The number of rotatable bonds is 5. The highest BCUT2D eigenvalue weighted by Crippen LogP contribution is 2.38. The fourth-order valence-corrected chi connectivity index (χ4v) is 2.84. The Morgan fingerprint density at radius 2 is 2.15 bits per heavy atom. The van der Waals surface area contributed by atoms with E-state index in [0.29, 0.717) is 0 Å². The SMILES string of the molecule is COc1ccc(CC2(N)CC2)cc1OC1CCN(C)C1. The number of hydrogen-bond acceptors (Lipinski definition) is 4. The van der Waals surface area contributed by atoms with Crippen LogP contribution in [0.4, 0.5) is 0 Å². The topological polar surface area (TPSA) is 47.7 Å². The molecule has 1 aromatic carbocycles. The zero-order valence-corrected chi connectivity index (χ0v) is 12.4. The van der Waals surface area contributed by atoms with E-state index in [0.717, 1.165) is 50.3 Å². The summed E-state index contributed by atoms with van der Waals surface area (Å²) in [4.78, 5) is 2.29. The van der Waals surface area contributed by atoms with Gasteiger partial charge in [0.15, 0.2) is 11.5 Å². The number of likely N-dealkylation sites (tertiary alicyclic amines) is 1.